The summed E-state index contributed by atoms with van der Waals surface area (Å²) in [5.74, 6) is -0.609. The highest BCUT2D eigenvalue weighted by Crippen LogP contribution is 2.34. The predicted molar refractivity (Wildman–Crippen MR) is 123 cm³/mol. The van der Waals surface area contributed by atoms with E-state index in [1.165, 1.54) is 18.2 Å². The van der Waals surface area contributed by atoms with E-state index < -0.39 is 28.1 Å². The summed E-state index contributed by atoms with van der Waals surface area (Å²) < 4.78 is 39.2. The molecule has 1 amide bonds. The Labute approximate surface area is 194 Å². The summed E-state index contributed by atoms with van der Waals surface area (Å²) in [7, 11) is 0. The molecule has 0 aliphatic rings. The highest BCUT2D eigenvalue weighted by Gasteiger charge is 2.30. The number of anilines is 3. The highest BCUT2D eigenvalue weighted by molar-refractivity contribution is 5.98. The second kappa shape index (κ2) is 9.25. The highest BCUT2D eigenvalue weighted by atomic mass is 19.4. The first kappa shape index (κ1) is 23.4. The molecule has 12 heteroatoms. The van der Waals surface area contributed by atoms with Crippen molar-refractivity contribution in [3.63, 3.8) is 0 Å². The average Bonchev–Trinajstić information content (AvgIpc) is 2.82. The van der Waals surface area contributed by atoms with Crippen LogP contribution in [0.4, 0.5) is 35.9 Å². The van der Waals surface area contributed by atoms with Crippen LogP contribution in [-0.4, -0.2) is 21.0 Å². The van der Waals surface area contributed by atoms with Crippen LogP contribution in [0.2, 0.25) is 0 Å². The Hall–Kier alpha value is -4.74. The lowest BCUT2D eigenvalue weighted by atomic mass is 10.1. The first-order valence-electron chi connectivity index (χ1n) is 10.1. The standard InChI is InChI=1S/C23H16F3N5O4/c24-23(25,26)13-4-3-5-14(10-13)27-18-9-8-15(31(34)35)11-20(18)28-21(32)12-19-16-6-1-2-7-17(16)22(33)30-29-19/h1-11,27H,12H2,(H,28,32)(H,30,33). The zero-order valence-corrected chi connectivity index (χ0v) is 17.7. The Bertz CT molecular complexity index is 1500. The molecule has 3 aromatic carbocycles. The number of benzene rings is 3. The number of fused-ring (bicyclic) bond motifs is 1. The van der Waals surface area contributed by atoms with Crippen molar-refractivity contribution in [2.45, 2.75) is 12.6 Å². The van der Waals surface area contributed by atoms with Crippen molar-refractivity contribution < 1.29 is 22.9 Å². The van der Waals surface area contributed by atoms with Gasteiger partial charge >= 0.3 is 6.18 Å². The van der Waals surface area contributed by atoms with Crippen LogP contribution >= 0.6 is 0 Å². The number of hydrogen-bond donors (Lipinski definition) is 3. The number of aromatic nitrogens is 2. The quantitative estimate of drug-likeness (QED) is 0.267. The van der Waals surface area contributed by atoms with Crippen LogP contribution in [0.25, 0.3) is 10.8 Å². The van der Waals surface area contributed by atoms with E-state index in [9.17, 15) is 32.9 Å². The molecule has 3 N–H and O–H groups in total. The normalized spacial score (nSPS) is 11.3. The van der Waals surface area contributed by atoms with Crippen LogP contribution in [-0.2, 0) is 17.4 Å². The summed E-state index contributed by atoms with van der Waals surface area (Å²) in [6.07, 6.45) is -4.83. The zero-order valence-electron chi connectivity index (χ0n) is 17.7. The fraction of sp³-hybridized carbons (Fsp3) is 0.0870. The van der Waals surface area contributed by atoms with Crippen LogP contribution < -0.4 is 16.2 Å². The van der Waals surface area contributed by atoms with Crippen LogP contribution in [0.3, 0.4) is 0 Å². The van der Waals surface area contributed by atoms with Gasteiger partial charge in [0.2, 0.25) is 5.91 Å². The van der Waals surface area contributed by atoms with Crippen molar-refractivity contribution in [2.75, 3.05) is 10.6 Å². The molecule has 178 valence electrons. The van der Waals surface area contributed by atoms with E-state index in [-0.39, 0.29) is 34.9 Å². The number of nitro groups is 1. The van der Waals surface area contributed by atoms with Gasteiger partial charge in [-0.3, -0.25) is 19.7 Å². The predicted octanol–water partition coefficient (Wildman–Crippen LogP) is 4.77. The van der Waals surface area contributed by atoms with E-state index in [2.05, 4.69) is 20.8 Å². The number of nitrogens with zero attached hydrogens (tertiary/aromatic N) is 2. The number of non-ortho nitro benzene ring substituents is 1. The molecule has 0 fully saturated rings. The number of amides is 1. The Morgan fingerprint density at radius 2 is 1.74 bits per heavy atom. The molecule has 0 bridgehead atoms. The molecule has 0 aliphatic heterocycles. The van der Waals surface area contributed by atoms with Gasteiger partial charge in [-0.25, -0.2) is 5.10 Å². The third kappa shape index (κ3) is 5.27. The van der Waals surface area contributed by atoms with E-state index in [0.29, 0.717) is 10.8 Å². The summed E-state index contributed by atoms with van der Waals surface area (Å²) >= 11 is 0. The molecule has 0 radical (unpaired) electrons. The van der Waals surface area contributed by atoms with Crippen LogP contribution in [0.15, 0.2) is 71.5 Å². The van der Waals surface area contributed by atoms with Gasteiger partial charge in [0.05, 0.1) is 39.4 Å². The number of nitrogens with one attached hydrogen (secondary N) is 3. The molecule has 0 spiro atoms. The first-order chi connectivity index (χ1) is 16.6. The monoisotopic (exact) mass is 483 g/mol. The minimum Gasteiger partial charge on any atom is -0.354 e. The third-order valence-corrected chi connectivity index (χ3v) is 5.06. The van der Waals surface area contributed by atoms with Gasteiger partial charge in [-0.15, -0.1) is 0 Å². The number of carbonyl (C=O) groups excluding carboxylic acids is 1. The topological polar surface area (TPSA) is 130 Å². The average molecular weight is 483 g/mol. The van der Waals surface area contributed by atoms with Crippen LogP contribution in [0, 0.1) is 10.1 Å². The van der Waals surface area contributed by atoms with E-state index in [0.717, 1.165) is 24.3 Å². The van der Waals surface area contributed by atoms with Crippen LogP contribution in [0.1, 0.15) is 11.3 Å². The molecule has 4 aromatic rings. The molecular formula is C23H16F3N5O4. The van der Waals surface area contributed by atoms with Crippen molar-refractivity contribution in [1.82, 2.24) is 10.2 Å². The lowest BCUT2D eigenvalue weighted by molar-refractivity contribution is -0.384. The van der Waals surface area contributed by atoms with Crippen molar-refractivity contribution in [3.8, 4) is 0 Å². The third-order valence-electron chi connectivity index (χ3n) is 5.06. The maximum atomic E-state index is 13.1. The number of alkyl halides is 3. The zero-order chi connectivity index (χ0) is 25.2. The van der Waals surface area contributed by atoms with E-state index in [1.807, 2.05) is 0 Å². The lowest BCUT2D eigenvalue weighted by Crippen LogP contribution is -2.19. The van der Waals surface area contributed by atoms with Crippen molar-refractivity contribution in [3.05, 3.63) is 98.5 Å². The number of halogens is 3. The molecule has 0 unspecified atom stereocenters. The molecule has 35 heavy (non-hydrogen) atoms. The molecule has 1 heterocycles. The second-order valence-corrected chi connectivity index (χ2v) is 7.46. The first-order valence-corrected chi connectivity index (χ1v) is 10.1. The van der Waals surface area contributed by atoms with Gasteiger partial charge in [-0.2, -0.15) is 18.3 Å². The van der Waals surface area contributed by atoms with Gasteiger partial charge in [-0.1, -0.05) is 24.3 Å². The van der Waals surface area contributed by atoms with Gasteiger partial charge in [-0.05, 0) is 30.3 Å². The van der Waals surface area contributed by atoms with Crippen molar-refractivity contribution in [1.29, 1.82) is 0 Å². The van der Waals surface area contributed by atoms with E-state index in [4.69, 9.17) is 0 Å². The van der Waals surface area contributed by atoms with E-state index >= 15 is 0 Å². The molecule has 4 rings (SSSR count). The summed E-state index contributed by atoms with van der Waals surface area (Å²) in [5.41, 5.74) is -1.17. The van der Waals surface area contributed by atoms with Crippen molar-refractivity contribution >= 4 is 39.4 Å². The fourth-order valence-corrected chi connectivity index (χ4v) is 3.44. The Kier molecular flexibility index (Phi) is 6.19. The molecular weight excluding hydrogens is 467 g/mol. The number of aromatic amines is 1. The molecule has 0 saturated heterocycles. The Morgan fingerprint density at radius 1 is 1.00 bits per heavy atom. The van der Waals surface area contributed by atoms with Gasteiger partial charge in [0.15, 0.2) is 0 Å². The van der Waals surface area contributed by atoms with E-state index in [1.54, 1.807) is 24.3 Å². The maximum absolute atomic E-state index is 13.1. The number of hydrogen-bond acceptors (Lipinski definition) is 6. The largest absolute Gasteiger partial charge is 0.416 e. The maximum Gasteiger partial charge on any atom is 0.416 e. The summed E-state index contributed by atoms with van der Waals surface area (Å²) in [6.45, 7) is 0. The van der Waals surface area contributed by atoms with Gasteiger partial charge in [0, 0.05) is 23.2 Å². The van der Waals surface area contributed by atoms with Crippen molar-refractivity contribution in [2.24, 2.45) is 0 Å². The van der Waals surface area contributed by atoms with Gasteiger partial charge in [0.25, 0.3) is 11.2 Å². The number of H-pyrrole nitrogens is 1. The lowest BCUT2D eigenvalue weighted by Gasteiger charge is -2.15. The summed E-state index contributed by atoms with van der Waals surface area (Å²) in [6, 6.07) is 14.5. The summed E-state index contributed by atoms with van der Waals surface area (Å²) in [4.78, 5) is 35.3. The Morgan fingerprint density at radius 3 is 2.46 bits per heavy atom. The minimum atomic E-state index is -4.56. The molecule has 0 saturated carbocycles. The number of rotatable bonds is 6. The minimum absolute atomic E-state index is 0.0182. The second-order valence-electron chi connectivity index (χ2n) is 7.46. The fourth-order valence-electron chi connectivity index (χ4n) is 3.44. The molecule has 1 aromatic heterocycles. The van der Waals surface area contributed by atoms with Crippen LogP contribution in [0.5, 0.6) is 0 Å². The number of nitro benzene ring substituents is 1. The van der Waals surface area contributed by atoms with Gasteiger partial charge < -0.3 is 10.6 Å². The molecule has 0 aliphatic carbocycles. The Balaban J connectivity index is 1.63. The molecule has 9 nitrogen and oxygen atoms in total. The SMILES string of the molecule is O=C(Cc1n[nH]c(=O)c2ccccc12)Nc1cc([N+](=O)[O-])ccc1Nc1cccc(C(F)(F)F)c1. The number of carbonyl (C=O) groups is 1. The van der Waals surface area contributed by atoms with Gasteiger partial charge in [0.1, 0.15) is 0 Å². The molecule has 0 atom stereocenters. The summed E-state index contributed by atoms with van der Waals surface area (Å²) in [5, 5.41) is 23.6. The smallest absolute Gasteiger partial charge is 0.354 e.